The number of nitrogens with zero attached hydrogens (tertiary/aromatic N) is 5. The van der Waals surface area contributed by atoms with Gasteiger partial charge < -0.3 is 9.64 Å². The molecule has 9 nitrogen and oxygen atoms in total. The summed E-state index contributed by atoms with van der Waals surface area (Å²) in [4.78, 5) is 26.4. The van der Waals surface area contributed by atoms with Gasteiger partial charge in [-0.05, 0) is 12.8 Å². The number of hydrogen-bond acceptors (Lipinski definition) is 6. The highest BCUT2D eigenvalue weighted by molar-refractivity contribution is 5.81. The van der Waals surface area contributed by atoms with Crippen molar-refractivity contribution in [2.45, 2.75) is 25.6 Å². The normalized spacial score (nSPS) is 22.9. The maximum absolute atomic E-state index is 12.2. The summed E-state index contributed by atoms with van der Waals surface area (Å²) in [5.41, 5.74) is -0.00723. The molecule has 0 radical (unpaired) electrons. The van der Waals surface area contributed by atoms with Gasteiger partial charge in [0.2, 0.25) is 0 Å². The van der Waals surface area contributed by atoms with Crippen molar-refractivity contribution in [2.75, 3.05) is 32.8 Å². The second-order valence-corrected chi connectivity index (χ2v) is 5.58. The number of amides is 1. The van der Waals surface area contributed by atoms with Crippen LogP contribution >= 0.6 is 0 Å². The Hall–Kier alpha value is -2.00. The van der Waals surface area contributed by atoms with Crippen molar-refractivity contribution in [3.8, 4) is 0 Å². The van der Waals surface area contributed by atoms with E-state index in [-0.39, 0.29) is 17.7 Å². The van der Waals surface area contributed by atoms with Crippen molar-refractivity contribution in [1.82, 2.24) is 19.6 Å². The number of hydrogen-bond donors (Lipinski definition) is 0. The van der Waals surface area contributed by atoms with Crippen molar-refractivity contribution < 1.29 is 14.5 Å². The van der Waals surface area contributed by atoms with Crippen LogP contribution in [0.25, 0.3) is 0 Å². The fourth-order valence-electron chi connectivity index (χ4n) is 2.81. The van der Waals surface area contributed by atoms with E-state index in [2.05, 4.69) is 10.00 Å². The largest absolute Gasteiger partial charge is 0.368 e. The summed E-state index contributed by atoms with van der Waals surface area (Å²) >= 11 is 0. The van der Waals surface area contributed by atoms with Crippen LogP contribution in [-0.2, 0) is 16.2 Å². The molecule has 3 rings (SSSR count). The lowest BCUT2D eigenvalue weighted by molar-refractivity contribution is -0.385. The fraction of sp³-hybridized carbons (Fsp3) is 0.692. The summed E-state index contributed by atoms with van der Waals surface area (Å²) in [5.74, 6) is 0.0897. The fourth-order valence-corrected chi connectivity index (χ4v) is 2.81. The van der Waals surface area contributed by atoms with E-state index in [9.17, 15) is 14.9 Å². The van der Waals surface area contributed by atoms with Crippen LogP contribution in [0.2, 0.25) is 0 Å². The van der Waals surface area contributed by atoms with Gasteiger partial charge in [-0.3, -0.25) is 24.5 Å². The summed E-state index contributed by atoms with van der Waals surface area (Å²) in [6, 6.07) is 0. The zero-order valence-corrected chi connectivity index (χ0v) is 12.3. The van der Waals surface area contributed by atoms with Crippen LogP contribution in [0.5, 0.6) is 0 Å². The maximum Gasteiger partial charge on any atom is 0.307 e. The van der Waals surface area contributed by atoms with Gasteiger partial charge >= 0.3 is 5.69 Å². The van der Waals surface area contributed by atoms with E-state index in [1.165, 1.54) is 12.4 Å². The Balaban J connectivity index is 1.48. The Morgan fingerprint density at radius 3 is 2.77 bits per heavy atom. The SMILES string of the molecule is O=C(C1CCCO1)N1CCN(Cn2cc([N+](=O)[O-])cn2)CC1. The number of ether oxygens (including phenoxy) is 1. The monoisotopic (exact) mass is 309 g/mol. The second kappa shape index (κ2) is 6.41. The molecule has 1 atom stereocenters. The predicted octanol–water partition coefficient (Wildman–Crippen LogP) is 0.0720. The number of nitro groups is 1. The first-order chi connectivity index (χ1) is 10.6. The van der Waals surface area contributed by atoms with E-state index in [1.54, 1.807) is 4.68 Å². The van der Waals surface area contributed by atoms with Crippen molar-refractivity contribution in [3.05, 3.63) is 22.5 Å². The van der Waals surface area contributed by atoms with Gasteiger partial charge in [-0.15, -0.1) is 0 Å². The predicted molar refractivity (Wildman–Crippen MR) is 76.0 cm³/mol. The highest BCUT2D eigenvalue weighted by atomic mass is 16.6. The minimum atomic E-state index is -0.457. The number of piperazine rings is 1. The summed E-state index contributed by atoms with van der Waals surface area (Å²) in [6.45, 7) is 3.94. The molecule has 0 aromatic carbocycles. The third-order valence-corrected chi connectivity index (χ3v) is 4.06. The second-order valence-electron chi connectivity index (χ2n) is 5.58. The molecule has 0 bridgehead atoms. The quantitative estimate of drug-likeness (QED) is 0.577. The molecule has 1 aromatic heterocycles. The van der Waals surface area contributed by atoms with Gasteiger partial charge in [0.1, 0.15) is 18.5 Å². The third kappa shape index (κ3) is 3.25. The van der Waals surface area contributed by atoms with Crippen LogP contribution < -0.4 is 0 Å². The van der Waals surface area contributed by atoms with Gasteiger partial charge in [0, 0.05) is 32.8 Å². The zero-order valence-electron chi connectivity index (χ0n) is 12.3. The Labute approximate surface area is 127 Å². The molecule has 22 heavy (non-hydrogen) atoms. The van der Waals surface area contributed by atoms with Gasteiger partial charge in [0.15, 0.2) is 0 Å². The van der Waals surface area contributed by atoms with Crippen molar-refractivity contribution in [2.24, 2.45) is 0 Å². The van der Waals surface area contributed by atoms with Gasteiger partial charge in [-0.25, -0.2) is 0 Å². The lowest BCUT2D eigenvalue weighted by Crippen LogP contribution is -2.51. The number of rotatable bonds is 4. The average molecular weight is 309 g/mol. The molecule has 2 aliphatic rings. The molecule has 0 N–H and O–H groups in total. The van der Waals surface area contributed by atoms with E-state index < -0.39 is 4.92 Å². The molecule has 120 valence electrons. The zero-order chi connectivity index (χ0) is 15.5. The highest BCUT2D eigenvalue weighted by Gasteiger charge is 2.30. The third-order valence-electron chi connectivity index (χ3n) is 4.06. The molecular weight excluding hydrogens is 290 g/mol. The molecule has 2 fully saturated rings. The molecule has 2 saturated heterocycles. The lowest BCUT2D eigenvalue weighted by Gasteiger charge is -2.35. The van der Waals surface area contributed by atoms with Gasteiger partial charge in [-0.1, -0.05) is 0 Å². The molecular formula is C13H19N5O4. The lowest BCUT2D eigenvalue weighted by atomic mass is 10.2. The van der Waals surface area contributed by atoms with Crippen molar-refractivity contribution >= 4 is 11.6 Å². The number of carbonyl (C=O) groups is 1. The molecule has 1 aromatic rings. The topological polar surface area (TPSA) is 93.7 Å². The van der Waals surface area contributed by atoms with Crippen LogP contribution in [0, 0.1) is 10.1 Å². The summed E-state index contributed by atoms with van der Waals surface area (Å²) in [7, 11) is 0. The molecule has 0 spiro atoms. The molecule has 9 heteroatoms. The first-order valence-corrected chi connectivity index (χ1v) is 7.43. The van der Waals surface area contributed by atoms with Crippen LogP contribution in [0.3, 0.4) is 0 Å². The molecule has 0 aliphatic carbocycles. The first kappa shape index (κ1) is 14.9. The van der Waals surface area contributed by atoms with E-state index in [1.807, 2.05) is 4.90 Å². The van der Waals surface area contributed by atoms with Crippen LogP contribution in [0.15, 0.2) is 12.4 Å². The average Bonchev–Trinajstić information content (AvgIpc) is 3.19. The highest BCUT2D eigenvalue weighted by Crippen LogP contribution is 2.16. The number of carbonyl (C=O) groups excluding carboxylic acids is 1. The maximum atomic E-state index is 12.2. The van der Waals surface area contributed by atoms with Gasteiger partial charge in [0.05, 0.1) is 11.6 Å². The van der Waals surface area contributed by atoms with Crippen molar-refractivity contribution in [1.29, 1.82) is 0 Å². The first-order valence-electron chi connectivity index (χ1n) is 7.43. The Morgan fingerprint density at radius 2 is 2.18 bits per heavy atom. The van der Waals surface area contributed by atoms with E-state index >= 15 is 0 Å². The van der Waals surface area contributed by atoms with E-state index in [0.29, 0.717) is 26.4 Å². The number of aromatic nitrogens is 2. The summed E-state index contributed by atoms with van der Waals surface area (Å²) in [5, 5.41) is 14.6. The van der Waals surface area contributed by atoms with E-state index in [0.717, 1.165) is 25.9 Å². The molecule has 1 unspecified atom stereocenters. The summed E-state index contributed by atoms with van der Waals surface area (Å²) < 4.78 is 6.98. The van der Waals surface area contributed by atoms with Gasteiger partial charge in [0.25, 0.3) is 5.91 Å². The van der Waals surface area contributed by atoms with E-state index in [4.69, 9.17) is 4.74 Å². The Kier molecular flexibility index (Phi) is 4.34. The molecule has 2 aliphatic heterocycles. The van der Waals surface area contributed by atoms with Crippen LogP contribution in [0.1, 0.15) is 12.8 Å². The Bertz CT molecular complexity index is 546. The molecule has 0 saturated carbocycles. The summed E-state index contributed by atoms with van der Waals surface area (Å²) in [6.07, 6.45) is 4.17. The Morgan fingerprint density at radius 1 is 1.41 bits per heavy atom. The molecule has 3 heterocycles. The molecule has 1 amide bonds. The van der Waals surface area contributed by atoms with Crippen LogP contribution in [0.4, 0.5) is 5.69 Å². The van der Waals surface area contributed by atoms with Crippen LogP contribution in [-0.4, -0.2) is 69.3 Å². The van der Waals surface area contributed by atoms with Crippen molar-refractivity contribution in [3.63, 3.8) is 0 Å². The standard InChI is InChI=1S/C13H19N5O4/c19-13(12-2-1-7-22-12)16-5-3-15(4-6-16)10-17-9-11(8-14-17)18(20)21/h8-9,12H,1-7,10H2. The van der Waals surface area contributed by atoms with Gasteiger partial charge in [-0.2, -0.15) is 5.10 Å². The minimum Gasteiger partial charge on any atom is -0.368 e. The smallest absolute Gasteiger partial charge is 0.307 e. The minimum absolute atomic E-state index is 0.00723.